The van der Waals surface area contributed by atoms with Crippen LogP contribution < -0.4 is 0 Å². The maximum absolute atomic E-state index is 11.3. The first-order chi connectivity index (χ1) is 12.8. The van der Waals surface area contributed by atoms with Gasteiger partial charge >= 0.3 is 11.9 Å². The first kappa shape index (κ1) is 22.1. The number of hydrogen-bond acceptors (Lipinski definition) is 4. The van der Waals surface area contributed by atoms with Gasteiger partial charge in [-0.1, -0.05) is 43.3 Å². The summed E-state index contributed by atoms with van der Waals surface area (Å²) < 4.78 is 0. The van der Waals surface area contributed by atoms with Crippen LogP contribution in [0.25, 0.3) is 0 Å². The second-order valence-corrected chi connectivity index (χ2v) is 6.06. The molecule has 0 bridgehead atoms. The Morgan fingerprint density at radius 3 is 2.11 bits per heavy atom. The summed E-state index contributed by atoms with van der Waals surface area (Å²) in [4.78, 5) is 32.4. The van der Waals surface area contributed by atoms with E-state index in [4.69, 9.17) is 10.2 Å². The molecular weight excluding hydrogens is 348 g/mol. The lowest BCUT2D eigenvalue weighted by atomic mass is 10.0. The van der Waals surface area contributed by atoms with Gasteiger partial charge in [-0.05, 0) is 36.6 Å². The summed E-state index contributed by atoms with van der Waals surface area (Å²) in [6, 6.07) is 13.6. The number of carboxylic acids is 2. The monoisotopic (exact) mass is 372 g/mol. The standard InChI is InChI=1S/C12H16O2.C9H8O4/c1-2-6-11(13)12(14)9-10-7-4-3-5-8-10;1-5-2-3-6(8(10)11)4-7(5)9(12)13/h3-5,7-8,12,14H,2,6,9H2,1H3;2-4H,1H3,(H,10,11)(H,12,13). The number of aryl methyl sites for hydroxylation is 1. The third-order valence-corrected chi connectivity index (χ3v) is 3.85. The normalized spacial score (nSPS) is 11.1. The van der Waals surface area contributed by atoms with E-state index < -0.39 is 18.0 Å². The predicted octanol–water partition coefficient (Wildman–Crippen LogP) is 3.35. The van der Waals surface area contributed by atoms with E-state index in [1.807, 2.05) is 37.3 Å². The highest BCUT2D eigenvalue weighted by atomic mass is 16.4. The molecule has 2 aromatic carbocycles. The van der Waals surface area contributed by atoms with Crippen molar-refractivity contribution in [3.63, 3.8) is 0 Å². The topological polar surface area (TPSA) is 112 Å². The minimum absolute atomic E-state index is 0.0111. The summed E-state index contributed by atoms with van der Waals surface area (Å²) in [5.41, 5.74) is 1.57. The highest BCUT2D eigenvalue weighted by Crippen LogP contribution is 2.11. The van der Waals surface area contributed by atoms with Gasteiger partial charge in [-0.15, -0.1) is 0 Å². The molecule has 0 spiro atoms. The van der Waals surface area contributed by atoms with Crippen LogP contribution in [0.4, 0.5) is 0 Å². The van der Waals surface area contributed by atoms with Crippen LogP contribution in [0.3, 0.4) is 0 Å². The van der Waals surface area contributed by atoms with Crippen LogP contribution in [0.1, 0.15) is 51.6 Å². The number of ketones is 1. The molecule has 6 nitrogen and oxygen atoms in total. The van der Waals surface area contributed by atoms with E-state index in [0.717, 1.165) is 18.1 Å². The molecule has 0 amide bonds. The van der Waals surface area contributed by atoms with Gasteiger partial charge in [0.1, 0.15) is 6.10 Å². The molecule has 0 heterocycles. The molecule has 144 valence electrons. The van der Waals surface area contributed by atoms with Crippen LogP contribution in [0.15, 0.2) is 48.5 Å². The SMILES string of the molecule is CCCC(=O)C(O)Cc1ccccc1.Cc1ccc(C(=O)O)cc1C(=O)O. The van der Waals surface area contributed by atoms with E-state index in [2.05, 4.69) is 0 Å². The van der Waals surface area contributed by atoms with Crippen LogP contribution in [-0.4, -0.2) is 39.1 Å². The van der Waals surface area contributed by atoms with E-state index in [0.29, 0.717) is 18.4 Å². The first-order valence-corrected chi connectivity index (χ1v) is 8.58. The number of rotatable bonds is 7. The Labute approximate surface area is 158 Å². The number of aliphatic hydroxyl groups excluding tert-OH is 1. The molecule has 1 atom stereocenters. The average Bonchev–Trinajstić information content (AvgIpc) is 2.63. The van der Waals surface area contributed by atoms with Crippen molar-refractivity contribution in [3.05, 3.63) is 70.8 Å². The number of carbonyl (C=O) groups is 3. The van der Waals surface area contributed by atoms with Crippen LogP contribution in [0.5, 0.6) is 0 Å². The lowest BCUT2D eigenvalue weighted by molar-refractivity contribution is -0.127. The molecule has 0 radical (unpaired) electrons. The third kappa shape index (κ3) is 7.42. The average molecular weight is 372 g/mol. The van der Waals surface area contributed by atoms with Gasteiger partial charge in [0.05, 0.1) is 11.1 Å². The lowest BCUT2D eigenvalue weighted by Crippen LogP contribution is -2.22. The van der Waals surface area contributed by atoms with Crippen molar-refractivity contribution in [3.8, 4) is 0 Å². The van der Waals surface area contributed by atoms with Crippen molar-refractivity contribution < 1.29 is 29.7 Å². The fraction of sp³-hybridized carbons (Fsp3) is 0.286. The molecule has 0 saturated carbocycles. The minimum Gasteiger partial charge on any atom is -0.478 e. The van der Waals surface area contributed by atoms with Crippen LogP contribution >= 0.6 is 0 Å². The molecule has 2 aromatic rings. The van der Waals surface area contributed by atoms with Gasteiger partial charge in [-0.25, -0.2) is 9.59 Å². The zero-order valence-electron chi connectivity index (χ0n) is 15.4. The molecule has 27 heavy (non-hydrogen) atoms. The second kappa shape index (κ2) is 10.9. The summed E-state index contributed by atoms with van der Waals surface area (Å²) in [6.45, 7) is 3.56. The highest BCUT2D eigenvalue weighted by molar-refractivity contribution is 5.94. The fourth-order valence-electron chi connectivity index (χ4n) is 2.35. The van der Waals surface area contributed by atoms with Crippen molar-refractivity contribution in [1.29, 1.82) is 0 Å². The molecule has 1 unspecified atom stereocenters. The first-order valence-electron chi connectivity index (χ1n) is 8.58. The van der Waals surface area contributed by atoms with Crippen molar-refractivity contribution in [2.24, 2.45) is 0 Å². The van der Waals surface area contributed by atoms with E-state index in [1.165, 1.54) is 12.1 Å². The maximum atomic E-state index is 11.3. The van der Waals surface area contributed by atoms with Gasteiger partial charge in [0, 0.05) is 12.8 Å². The summed E-state index contributed by atoms with van der Waals surface area (Å²) in [5, 5.41) is 26.8. The molecule has 0 aromatic heterocycles. The number of aliphatic hydroxyl groups is 1. The quantitative estimate of drug-likeness (QED) is 0.687. The fourth-order valence-corrected chi connectivity index (χ4v) is 2.35. The van der Waals surface area contributed by atoms with Crippen molar-refractivity contribution in [1.82, 2.24) is 0 Å². The molecule has 0 aliphatic carbocycles. The molecule has 3 N–H and O–H groups in total. The van der Waals surface area contributed by atoms with Crippen LogP contribution in [-0.2, 0) is 11.2 Å². The van der Waals surface area contributed by atoms with Crippen molar-refractivity contribution in [2.75, 3.05) is 0 Å². The number of aromatic carboxylic acids is 2. The van der Waals surface area contributed by atoms with E-state index >= 15 is 0 Å². The number of hydrogen-bond donors (Lipinski definition) is 3. The maximum Gasteiger partial charge on any atom is 0.335 e. The van der Waals surface area contributed by atoms with E-state index in [-0.39, 0.29) is 16.9 Å². The summed E-state index contributed by atoms with van der Waals surface area (Å²) >= 11 is 0. The zero-order valence-corrected chi connectivity index (χ0v) is 15.4. The summed E-state index contributed by atoms with van der Waals surface area (Å²) in [6.07, 6.45) is 0.857. The number of carboxylic acid groups (broad SMARTS) is 2. The van der Waals surface area contributed by atoms with Gasteiger partial charge in [0.15, 0.2) is 5.78 Å². The predicted molar refractivity (Wildman–Crippen MR) is 101 cm³/mol. The Balaban J connectivity index is 0.000000271. The Hall–Kier alpha value is -2.99. The molecule has 0 aliphatic rings. The van der Waals surface area contributed by atoms with Crippen molar-refractivity contribution >= 4 is 17.7 Å². The second-order valence-electron chi connectivity index (χ2n) is 6.06. The number of Topliss-reactive ketones (excluding diaryl/α,β-unsaturated/α-hetero) is 1. The van der Waals surface area contributed by atoms with Crippen LogP contribution in [0, 0.1) is 6.92 Å². The van der Waals surface area contributed by atoms with Crippen LogP contribution in [0.2, 0.25) is 0 Å². The summed E-state index contributed by atoms with van der Waals surface area (Å²) in [5.74, 6) is -2.29. The Bertz CT molecular complexity index is 783. The number of benzene rings is 2. The van der Waals surface area contributed by atoms with Gasteiger partial charge in [0.25, 0.3) is 0 Å². The third-order valence-electron chi connectivity index (χ3n) is 3.85. The molecule has 0 aliphatic heterocycles. The van der Waals surface area contributed by atoms with Gasteiger partial charge < -0.3 is 15.3 Å². The molecule has 0 saturated heterocycles. The Kier molecular flexibility index (Phi) is 8.89. The Morgan fingerprint density at radius 1 is 0.963 bits per heavy atom. The minimum atomic E-state index is -1.12. The van der Waals surface area contributed by atoms with Crippen molar-refractivity contribution in [2.45, 2.75) is 39.2 Å². The lowest BCUT2D eigenvalue weighted by Gasteiger charge is -2.08. The largest absolute Gasteiger partial charge is 0.478 e. The molecule has 6 heteroatoms. The summed E-state index contributed by atoms with van der Waals surface area (Å²) in [7, 11) is 0. The highest BCUT2D eigenvalue weighted by Gasteiger charge is 2.13. The van der Waals surface area contributed by atoms with Gasteiger partial charge in [-0.2, -0.15) is 0 Å². The van der Waals surface area contributed by atoms with E-state index in [9.17, 15) is 19.5 Å². The smallest absolute Gasteiger partial charge is 0.335 e. The number of carbonyl (C=O) groups excluding carboxylic acids is 1. The van der Waals surface area contributed by atoms with Gasteiger partial charge in [0.2, 0.25) is 0 Å². The van der Waals surface area contributed by atoms with Gasteiger partial charge in [-0.3, -0.25) is 4.79 Å². The molecule has 2 rings (SSSR count). The Morgan fingerprint density at radius 2 is 1.59 bits per heavy atom. The van der Waals surface area contributed by atoms with E-state index in [1.54, 1.807) is 6.92 Å². The molecule has 0 fully saturated rings. The zero-order chi connectivity index (χ0) is 20.4. The molecular formula is C21H24O6.